The molecule has 1 N–H and O–H groups in total. The maximum absolute atomic E-state index is 10.3. The predicted octanol–water partition coefficient (Wildman–Crippen LogP) is 3.92. The highest BCUT2D eigenvalue weighted by Crippen LogP contribution is 2.34. The summed E-state index contributed by atoms with van der Waals surface area (Å²) in [4.78, 5) is 5.42. The summed E-state index contributed by atoms with van der Waals surface area (Å²) < 4.78 is 7.99. The molecule has 0 spiro atoms. The summed E-state index contributed by atoms with van der Waals surface area (Å²) in [6.45, 7) is 0.553. The third-order valence-corrected chi connectivity index (χ3v) is 5.47. The molecule has 3 heterocycles. The van der Waals surface area contributed by atoms with Crippen LogP contribution in [0.1, 0.15) is 17.4 Å². The summed E-state index contributed by atoms with van der Waals surface area (Å²) in [5.41, 5.74) is 2.94. The number of thiophene rings is 1. The van der Waals surface area contributed by atoms with Gasteiger partial charge in [-0.25, -0.2) is 4.98 Å². The normalized spacial score (nSPS) is 12.9. The van der Waals surface area contributed by atoms with Crippen molar-refractivity contribution in [3.63, 3.8) is 0 Å². The molecule has 4 rings (SSSR count). The van der Waals surface area contributed by atoms with Gasteiger partial charge in [0, 0.05) is 60.1 Å². The number of aliphatic hydroxyl groups is 1. The number of hydrogen-bond acceptors (Lipinski definition) is 5. The molecule has 0 aliphatic carbocycles. The van der Waals surface area contributed by atoms with E-state index in [2.05, 4.69) is 40.4 Å². The number of aromatic nitrogens is 3. The Labute approximate surface area is 149 Å². The van der Waals surface area contributed by atoms with E-state index in [0.29, 0.717) is 13.0 Å². The minimum absolute atomic E-state index is 0.478. The molecule has 0 amide bonds. The predicted molar refractivity (Wildman–Crippen MR) is 101 cm³/mol. The molecule has 0 aliphatic rings. The maximum atomic E-state index is 10.3. The molecule has 128 valence electrons. The molecule has 0 saturated heterocycles. The number of rotatable bonds is 5. The van der Waals surface area contributed by atoms with E-state index in [0.717, 1.165) is 37.1 Å². The smallest absolute Gasteiger partial charge is 0.181 e. The summed E-state index contributed by atoms with van der Waals surface area (Å²) >= 11 is 1.63. The Morgan fingerprint density at radius 2 is 2.08 bits per heavy atom. The van der Waals surface area contributed by atoms with Crippen molar-refractivity contribution in [1.82, 2.24) is 14.8 Å². The van der Waals surface area contributed by atoms with Gasteiger partial charge in [-0.05, 0) is 29.1 Å². The average Bonchev–Trinajstić information content (AvgIpc) is 3.20. The lowest BCUT2D eigenvalue weighted by molar-refractivity contribution is 0.113. The summed E-state index contributed by atoms with van der Waals surface area (Å²) in [6, 6.07) is 10.5. The number of ether oxygens (including phenoxy) is 1. The van der Waals surface area contributed by atoms with Crippen LogP contribution in [0.5, 0.6) is 0 Å². The zero-order valence-corrected chi connectivity index (χ0v) is 15.0. The van der Waals surface area contributed by atoms with Gasteiger partial charge in [0.1, 0.15) is 0 Å². The van der Waals surface area contributed by atoms with Gasteiger partial charge in [-0.2, -0.15) is 5.10 Å². The lowest BCUT2D eigenvalue weighted by Crippen LogP contribution is -1.99. The molecule has 1 atom stereocenters. The molecule has 1 unspecified atom stereocenters. The van der Waals surface area contributed by atoms with Crippen LogP contribution < -0.4 is 0 Å². The molecule has 1 aromatic carbocycles. The first kappa shape index (κ1) is 16.2. The molecule has 0 bridgehead atoms. The highest BCUT2D eigenvalue weighted by molar-refractivity contribution is 7.19. The summed E-state index contributed by atoms with van der Waals surface area (Å²) in [7, 11) is 3.55. The van der Waals surface area contributed by atoms with Gasteiger partial charge in [-0.15, -0.1) is 11.3 Å². The van der Waals surface area contributed by atoms with Crippen molar-refractivity contribution in [3.8, 4) is 11.1 Å². The monoisotopic (exact) mass is 353 g/mol. The van der Waals surface area contributed by atoms with Crippen LogP contribution in [0.2, 0.25) is 0 Å². The first-order chi connectivity index (χ1) is 12.1. The zero-order valence-electron chi connectivity index (χ0n) is 14.1. The highest BCUT2D eigenvalue weighted by atomic mass is 32.1. The summed E-state index contributed by atoms with van der Waals surface area (Å²) in [5.74, 6) is 0. The minimum Gasteiger partial charge on any atom is -0.387 e. The Bertz CT molecular complexity index is 1040. The highest BCUT2D eigenvalue weighted by Gasteiger charge is 2.12. The molecule has 0 saturated carbocycles. The van der Waals surface area contributed by atoms with Gasteiger partial charge in [-0.1, -0.05) is 12.1 Å². The number of methoxy groups -OCH3 is 1. The van der Waals surface area contributed by atoms with E-state index in [1.165, 1.54) is 0 Å². The van der Waals surface area contributed by atoms with Crippen LogP contribution in [0, 0.1) is 0 Å². The molecular formula is C19H19N3O2S. The number of aryl methyl sites for hydroxylation is 1. The Morgan fingerprint density at radius 3 is 2.92 bits per heavy atom. The second-order valence-electron chi connectivity index (χ2n) is 6.14. The Morgan fingerprint density at radius 1 is 1.20 bits per heavy atom. The fourth-order valence-corrected chi connectivity index (χ4v) is 4.08. The van der Waals surface area contributed by atoms with Gasteiger partial charge >= 0.3 is 0 Å². The lowest BCUT2D eigenvalue weighted by Gasteiger charge is -2.06. The number of fused-ring (bicyclic) bond motifs is 2. The molecule has 3 aromatic heterocycles. The van der Waals surface area contributed by atoms with Crippen molar-refractivity contribution < 1.29 is 9.84 Å². The molecule has 4 aromatic rings. The number of hydrogen-bond donors (Lipinski definition) is 1. The Kier molecular flexibility index (Phi) is 4.25. The number of benzene rings is 1. The molecule has 25 heavy (non-hydrogen) atoms. The van der Waals surface area contributed by atoms with Gasteiger partial charge in [0.25, 0.3) is 0 Å². The van der Waals surface area contributed by atoms with E-state index >= 15 is 0 Å². The van der Waals surface area contributed by atoms with Gasteiger partial charge in [0.2, 0.25) is 0 Å². The Hall–Kier alpha value is -2.28. The fourth-order valence-electron chi connectivity index (χ4n) is 2.96. The van der Waals surface area contributed by atoms with E-state index < -0.39 is 6.10 Å². The van der Waals surface area contributed by atoms with E-state index in [4.69, 9.17) is 4.74 Å². The van der Waals surface area contributed by atoms with Crippen molar-refractivity contribution in [3.05, 3.63) is 47.6 Å². The van der Waals surface area contributed by atoms with E-state index in [1.54, 1.807) is 23.1 Å². The number of aliphatic hydroxyl groups excluding tert-OH is 1. The van der Waals surface area contributed by atoms with Crippen LogP contribution in [0.15, 0.2) is 42.7 Å². The third-order valence-electron chi connectivity index (χ3n) is 4.27. The molecular weight excluding hydrogens is 334 g/mol. The minimum atomic E-state index is -0.478. The quantitative estimate of drug-likeness (QED) is 0.591. The zero-order chi connectivity index (χ0) is 17.4. The van der Waals surface area contributed by atoms with Gasteiger partial charge in [0.15, 0.2) is 5.65 Å². The molecule has 5 nitrogen and oxygen atoms in total. The molecule has 0 radical (unpaired) electrons. The fraction of sp³-hybridized carbons (Fsp3) is 0.263. The topological polar surface area (TPSA) is 60.2 Å². The SMILES string of the molecule is COCCC(O)c1cc2ccc(-c3cnc4nn(C)cc4c3)cc2s1. The van der Waals surface area contributed by atoms with Crippen molar-refractivity contribution >= 4 is 32.5 Å². The van der Waals surface area contributed by atoms with Crippen molar-refractivity contribution in [1.29, 1.82) is 0 Å². The van der Waals surface area contributed by atoms with E-state index in [1.807, 2.05) is 19.4 Å². The largest absolute Gasteiger partial charge is 0.387 e. The van der Waals surface area contributed by atoms with E-state index in [-0.39, 0.29) is 0 Å². The number of nitrogens with zero attached hydrogens (tertiary/aromatic N) is 3. The van der Waals surface area contributed by atoms with Crippen LogP contribution in [0.4, 0.5) is 0 Å². The molecule has 6 heteroatoms. The van der Waals surface area contributed by atoms with Crippen LogP contribution in [0.3, 0.4) is 0 Å². The summed E-state index contributed by atoms with van der Waals surface area (Å²) in [6.07, 6.45) is 3.96. The average molecular weight is 353 g/mol. The summed E-state index contributed by atoms with van der Waals surface area (Å²) in [5, 5.41) is 16.8. The van der Waals surface area contributed by atoms with E-state index in [9.17, 15) is 5.11 Å². The first-order valence-corrected chi connectivity index (χ1v) is 8.96. The van der Waals surface area contributed by atoms with Gasteiger partial charge in [0.05, 0.1) is 6.10 Å². The van der Waals surface area contributed by atoms with Gasteiger partial charge in [-0.3, -0.25) is 4.68 Å². The van der Waals surface area contributed by atoms with Crippen LogP contribution in [0.25, 0.3) is 32.2 Å². The van der Waals surface area contributed by atoms with Crippen molar-refractivity contribution in [2.24, 2.45) is 7.05 Å². The molecule has 0 fully saturated rings. The standard InChI is InChI=1S/C19H19N3O2S/c1-22-11-15-7-14(10-20-19(15)21-22)12-3-4-13-9-18(25-17(13)8-12)16(23)5-6-24-2/h3-4,7-11,16,23H,5-6H2,1-2H3. The van der Waals surface area contributed by atoms with Crippen LogP contribution in [-0.4, -0.2) is 33.6 Å². The van der Waals surface area contributed by atoms with Gasteiger partial charge < -0.3 is 9.84 Å². The van der Waals surface area contributed by atoms with Crippen molar-refractivity contribution in [2.45, 2.75) is 12.5 Å². The van der Waals surface area contributed by atoms with Crippen molar-refractivity contribution in [2.75, 3.05) is 13.7 Å². The molecule has 0 aliphatic heterocycles. The lowest BCUT2D eigenvalue weighted by atomic mass is 10.1. The second kappa shape index (κ2) is 6.55. The van der Waals surface area contributed by atoms with Crippen LogP contribution >= 0.6 is 11.3 Å². The maximum Gasteiger partial charge on any atom is 0.181 e. The first-order valence-electron chi connectivity index (χ1n) is 8.14. The third kappa shape index (κ3) is 3.16. The van der Waals surface area contributed by atoms with Crippen LogP contribution in [-0.2, 0) is 11.8 Å². The number of pyridine rings is 1. The second-order valence-corrected chi connectivity index (χ2v) is 7.25. The Balaban J connectivity index is 1.69.